The number of nitrogens with zero attached hydrogens (tertiary/aromatic N) is 2. The lowest BCUT2D eigenvalue weighted by Crippen LogP contribution is -2.52. The summed E-state index contributed by atoms with van der Waals surface area (Å²) in [5.74, 6) is 1.22. The molecule has 0 spiro atoms. The van der Waals surface area contributed by atoms with Crippen molar-refractivity contribution in [3.8, 4) is 0 Å². The number of ether oxygens (including phenoxy) is 1. The summed E-state index contributed by atoms with van der Waals surface area (Å²) in [6, 6.07) is 3.54. The van der Waals surface area contributed by atoms with Crippen molar-refractivity contribution in [2.75, 3.05) is 45.9 Å². The number of rotatable bonds is 7. The number of halogens is 1. The van der Waals surface area contributed by atoms with Crippen LogP contribution in [0.1, 0.15) is 33.5 Å². The highest BCUT2D eigenvalue weighted by molar-refractivity contribution is 14.0. The zero-order chi connectivity index (χ0) is 18.3. The highest BCUT2D eigenvalue weighted by atomic mass is 127. The molecule has 1 aromatic heterocycles. The predicted molar refractivity (Wildman–Crippen MR) is 114 cm³/mol. The fourth-order valence-corrected chi connectivity index (χ4v) is 2.81. The van der Waals surface area contributed by atoms with Crippen molar-refractivity contribution in [3.05, 3.63) is 24.2 Å². The molecule has 1 aliphatic heterocycles. The van der Waals surface area contributed by atoms with Crippen LogP contribution in [-0.2, 0) is 10.3 Å². The van der Waals surface area contributed by atoms with Crippen molar-refractivity contribution in [1.82, 2.24) is 15.5 Å². The Morgan fingerprint density at radius 2 is 1.96 bits per heavy atom. The molecule has 0 aliphatic carbocycles. The van der Waals surface area contributed by atoms with Gasteiger partial charge in [0.25, 0.3) is 0 Å². The van der Waals surface area contributed by atoms with E-state index in [4.69, 9.17) is 14.1 Å². The van der Waals surface area contributed by atoms with E-state index in [1.165, 1.54) is 0 Å². The van der Waals surface area contributed by atoms with Crippen LogP contribution in [0.2, 0.25) is 0 Å². The summed E-state index contributed by atoms with van der Waals surface area (Å²) in [7, 11) is 0. The lowest BCUT2D eigenvalue weighted by atomic mass is 10.0. The molecule has 1 saturated heterocycles. The minimum Gasteiger partial charge on any atom is -0.466 e. The second-order valence-corrected chi connectivity index (χ2v) is 7.21. The molecule has 150 valence electrons. The largest absolute Gasteiger partial charge is 0.466 e. The van der Waals surface area contributed by atoms with Gasteiger partial charge in [-0.05, 0) is 39.8 Å². The van der Waals surface area contributed by atoms with Crippen LogP contribution in [0.3, 0.4) is 0 Å². The molecule has 0 saturated carbocycles. The highest BCUT2D eigenvalue weighted by Crippen LogP contribution is 2.20. The van der Waals surface area contributed by atoms with Crippen LogP contribution >= 0.6 is 24.0 Å². The first kappa shape index (κ1) is 23.2. The molecule has 7 nitrogen and oxygen atoms in total. The van der Waals surface area contributed by atoms with Gasteiger partial charge in [-0.25, -0.2) is 0 Å². The van der Waals surface area contributed by atoms with Crippen molar-refractivity contribution < 1.29 is 14.3 Å². The van der Waals surface area contributed by atoms with Crippen LogP contribution in [-0.4, -0.2) is 67.4 Å². The van der Waals surface area contributed by atoms with E-state index in [-0.39, 0.29) is 29.5 Å². The van der Waals surface area contributed by atoms with E-state index in [9.17, 15) is 5.11 Å². The van der Waals surface area contributed by atoms with Crippen molar-refractivity contribution in [3.63, 3.8) is 0 Å². The third kappa shape index (κ3) is 6.71. The van der Waals surface area contributed by atoms with Gasteiger partial charge in [0.2, 0.25) is 0 Å². The molecule has 0 radical (unpaired) electrons. The second kappa shape index (κ2) is 10.5. The van der Waals surface area contributed by atoms with Crippen LogP contribution in [0.15, 0.2) is 27.8 Å². The zero-order valence-corrected chi connectivity index (χ0v) is 18.6. The van der Waals surface area contributed by atoms with Crippen LogP contribution in [0.4, 0.5) is 0 Å². The van der Waals surface area contributed by atoms with Crippen LogP contribution in [0.25, 0.3) is 0 Å². The maximum absolute atomic E-state index is 10.6. The first-order chi connectivity index (χ1) is 11.8. The van der Waals surface area contributed by atoms with E-state index in [0.717, 1.165) is 32.8 Å². The summed E-state index contributed by atoms with van der Waals surface area (Å²) in [5.41, 5.74) is -1.14. The van der Waals surface area contributed by atoms with Crippen molar-refractivity contribution in [2.24, 2.45) is 4.99 Å². The molecule has 1 aromatic rings. The van der Waals surface area contributed by atoms with E-state index in [0.29, 0.717) is 24.8 Å². The Morgan fingerprint density at radius 1 is 1.27 bits per heavy atom. The monoisotopic (exact) mass is 480 g/mol. The molecule has 0 bridgehead atoms. The standard InChI is InChI=1S/C18H32N4O3.HI/c1-5-19-16(21-14-18(4,23)15-7-6-10-25-15)20-13-17(2,3)22-8-11-24-12-9-22;/h6-7,10,23H,5,8-9,11-14H2,1-4H3,(H2,19,20,21);1H. The smallest absolute Gasteiger partial charge is 0.191 e. The molecule has 0 amide bonds. The van der Waals surface area contributed by atoms with Gasteiger partial charge in [-0.15, -0.1) is 24.0 Å². The molecule has 2 rings (SSSR count). The molecule has 1 unspecified atom stereocenters. The minimum absolute atomic E-state index is 0. The summed E-state index contributed by atoms with van der Waals surface area (Å²) in [6.45, 7) is 13.3. The Balaban J connectivity index is 0.00000338. The Bertz CT molecular complexity index is 541. The number of nitrogens with one attached hydrogen (secondary N) is 2. The van der Waals surface area contributed by atoms with Gasteiger partial charge < -0.3 is 24.9 Å². The van der Waals surface area contributed by atoms with Gasteiger partial charge in [0.05, 0.1) is 32.6 Å². The number of morpholine rings is 1. The third-order valence-corrected chi connectivity index (χ3v) is 4.49. The molecular formula is C18H33IN4O3. The van der Waals surface area contributed by atoms with Crippen molar-refractivity contribution in [1.29, 1.82) is 0 Å². The van der Waals surface area contributed by atoms with Crippen molar-refractivity contribution in [2.45, 2.75) is 38.8 Å². The highest BCUT2D eigenvalue weighted by Gasteiger charge is 2.29. The first-order valence-electron chi connectivity index (χ1n) is 8.96. The fourth-order valence-electron chi connectivity index (χ4n) is 2.81. The molecule has 3 N–H and O–H groups in total. The number of hydrogen-bond donors (Lipinski definition) is 3. The van der Waals surface area contributed by atoms with E-state index in [2.05, 4.69) is 29.4 Å². The first-order valence-corrected chi connectivity index (χ1v) is 8.96. The molecule has 0 aromatic carbocycles. The van der Waals surface area contributed by atoms with Crippen LogP contribution in [0, 0.1) is 0 Å². The summed E-state index contributed by atoms with van der Waals surface area (Å²) in [6.07, 6.45) is 1.56. The van der Waals surface area contributed by atoms with E-state index in [1.54, 1.807) is 25.3 Å². The molecule has 8 heteroatoms. The Kier molecular flexibility index (Phi) is 9.35. The summed E-state index contributed by atoms with van der Waals surface area (Å²) in [4.78, 5) is 7.12. The number of furan rings is 1. The molecular weight excluding hydrogens is 447 g/mol. The van der Waals surface area contributed by atoms with E-state index >= 15 is 0 Å². The maximum Gasteiger partial charge on any atom is 0.191 e. The average Bonchev–Trinajstić information content (AvgIpc) is 3.14. The number of aliphatic hydroxyl groups is 1. The van der Waals surface area contributed by atoms with Crippen LogP contribution < -0.4 is 10.6 Å². The minimum atomic E-state index is -1.10. The van der Waals surface area contributed by atoms with Crippen molar-refractivity contribution >= 4 is 29.9 Å². The van der Waals surface area contributed by atoms with Gasteiger partial charge in [-0.3, -0.25) is 9.89 Å². The normalized spacial score (nSPS) is 18.7. The quantitative estimate of drug-likeness (QED) is 0.314. The summed E-state index contributed by atoms with van der Waals surface area (Å²) in [5, 5.41) is 17.0. The predicted octanol–water partition coefficient (Wildman–Crippen LogP) is 1.77. The number of aliphatic imine (C=N–C) groups is 1. The molecule has 1 atom stereocenters. The Labute approximate surface area is 173 Å². The second-order valence-electron chi connectivity index (χ2n) is 7.21. The van der Waals surface area contributed by atoms with Gasteiger partial charge >= 0.3 is 0 Å². The van der Waals surface area contributed by atoms with Gasteiger partial charge in [0.15, 0.2) is 5.96 Å². The summed E-state index contributed by atoms with van der Waals surface area (Å²) < 4.78 is 10.7. The number of hydrogen-bond acceptors (Lipinski definition) is 5. The topological polar surface area (TPSA) is 82.3 Å². The van der Waals surface area contributed by atoms with E-state index in [1.807, 2.05) is 6.92 Å². The maximum atomic E-state index is 10.6. The molecule has 1 fully saturated rings. The SMILES string of the molecule is CCNC(=NCC(C)(C)N1CCOCC1)NCC(C)(O)c1ccco1.I. The third-order valence-electron chi connectivity index (χ3n) is 4.49. The Hall–Kier alpha value is -0.840. The molecule has 26 heavy (non-hydrogen) atoms. The molecule has 2 heterocycles. The fraction of sp³-hybridized carbons (Fsp3) is 0.722. The van der Waals surface area contributed by atoms with Gasteiger partial charge in [-0.2, -0.15) is 0 Å². The zero-order valence-electron chi connectivity index (χ0n) is 16.2. The Morgan fingerprint density at radius 3 is 2.54 bits per heavy atom. The average molecular weight is 480 g/mol. The van der Waals surface area contributed by atoms with Gasteiger partial charge in [-0.1, -0.05) is 0 Å². The number of guanidine groups is 1. The molecule has 1 aliphatic rings. The van der Waals surface area contributed by atoms with Gasteiger partial charge in [0, 0.05) is 25.2 Å². The van der Waals surface area contributed by atoms with Gasteiger partial charge in [0.1, 0.15) is 11.4 Å². The summed E-state index contributed by atoms with van der Waals surface area (Å²) >= 11 is 0. The van der Waals surface area contributed by atoms with E-state index < -0.39 is 5.60 Å². The lowest BCUT2D eigenvalue weighted by molar-refractivity contribution is -0.00686. The lowest BCUT2D eigenvalue weighted by Gasteiger charge is -2.40. The van der Waals surface area contributed by atoms with Crippen LogP contribution in [0.5, 0.6) is 0 Å².